The van der Waals surface area contributed by atoms with Gasteiger partial charge in [-0.25, -0.2) is 4.98 Å². The zero-order valence-electron chi connectivity index (χ0n) is 13.8. The van der Waals surface area contributed by atoms with Gasteiger partial charge in [-0.05, 0) is 32.2 Å². The average molecular weight is 339 g/mol. The monoisotopic (exact) mass is 339 g/mol. The zero-order chi connectivity index (χ0) is 16.2. The Morgan fingerprint density at radius 2 is 2.48 bits per heavy atom. The molecule has 0 aromatic carbocycles. The van der Waals surface area contributed by atoms with E-state index in [9.17, 15) is 4.79 Å². The molecule has 2 saturated heterocycles. The fraction of sp³-hybridized carbons (Fsp3) is 0.750. The van der Waals surface area contributed by atoms with Crippen LogP contribution in [0.15, 0.2) is 5.38 Å². The Kier molecular flexibility index (Phi) is 5.63. The van der Waals surface area contributed by atoms with Crippen molar-refractivity contribution in [3.8, 4) is 0 Å². The Morgan fingerprint density at radius 3 is 3.22 bits per heavy atom. The van der Waals surface area contributed by atoms with E-state index in [1.165, 1.54) is 0 Å². The van der Waals surface area contributed by atoms with E-state index in [1.54, 1.807) is 18.4 Å². The predicted octanol–water partition coefficient (Wildman–Crippen LogP) is 1.19. The van der Waals surface area contributed by atoms with Gasteiger partial charge in [-0.2, -0.15) is 0 Å². The number of nitrogens with zero attached hydrogens (tertiary/aromatic N) is 2. The molecule has 0 bridgehead atoms. The van der Waals surface area contributed by atoms with Crippen LogP contribution in [0, 0.1) is 12.8 Å². The third-order valence-electron chi connectivity index (χ3n) is 4.59. The van der Waals surface area contributed by atoms with Crippen molar-refractivity contribution in [2.45, 2.75) is 38.5 Å². The van der Waals surface area contributed by atoms with Crippen LogP contribution in [0.5, 0.6) is 0 Å². The fourth-order valence-electron chi connectivity index (χ4n) is 3.41. The number of fused-ring (bicyclic) bond motifs is 1. The maximum atomic E-state index is 12.1. The molecule has 1 aromatic rings. The molecule has 3 heterocycles. The second-order valence-corrected chi connectivity index (χ2v) is 7.39. The maximum Gasteiger partial charge on any atom is 0.249 e. The third kappa shape index (κ3) is 4.29. The van der Waals surface area contributed by atoms with Crippen LogP contribution in [0.25, 0.3) is 0 Å². The highest BCUT2D eigenvalue weighted by atomic mass is 32.1. The fourth-order valence-corrected chi connectivity index (χ4v) is 4.01. The maximum absolute atomic E-state index is 12.1. The molecule has 0 unspecified atom stereocenters. The summed E-state index contributed by atoms with van der Waals surface area (Å²) in [5.74, 6) is 0.500. The van der Waals surface area contributed by atoms with E-state index in [0.717, 1.165) is 43.2 Å². The van der Waals surface area contributed by atoms with Crippen molar-refractivity contribution in [1.29, 1.82) is 0 Å². The topological polar surface area (TPSA) is 63.7 Å². The lowest BCUT2D eigenvalue weighted by Gasteiger charge is -2.33. The summed E-state index contributed by atoms with van der Waals surface area (Å²) in [6.07, 6.45) is 1.80. The number of aryl methyl sites for hydroxylation is 1. The third-order valence-corrected chi connectivity index (χ3v) is 5.41. The first kappa shape index (κ1) is 16.8. The lowest BCUT2D eigenvalue weighted by atomic mass is 9.91. The van der Waals surface area contributed by atoms with Gasteiger partial charge in [0.05, 0.1) is 23.4 Å². The van der Waals surface area contributed by atoms with Gasteiger partial charge in [0.2, 0.25) is 5.91 Å². The van der Waals surface area contributed by atoms with Gasteiger partial charge in [-0.1, -0.05) is 0 Å². The lowest BCUT2D eigenvalue weighted by Crippen LogP contribution is -2.42. The highest BCUT2D eigenvalue weighted by Gasteiger charge is 2.41. The number of methoxy groups -OCH3 is 1. The highest BCUT2D eigenvalue weighted by Crippen LogP contribution is 2.33. The van der Waals surface area contributed by atoms with Crippen molar-refractivity contribution in [1.82, 2.24) is 15.2 Å². The van der Waals surface area contributed by atoms with Crippen molar-refractivity contribution >= 4 is 17.2 Å². The number of likely N-dealkylation sites (tertiary alicyclic amines) is 1. The van der Waals surface area contributed by atoms with Crippen LogP contribution in [0.1, 0.15) is 23.5 Å². The summed E-state index contributed by atoms with van der Waals surface area (Å²) in [5, 5.41) is 6.12. The zero-order valence-corrected chi connectivity index (χ0v) is 14.6. The summed E-state index contributed by atoms with van der Waals surface area (Å²) in [5.41, 5.74) is 1.14. The summed E-state index contributed by atoms with van der Waals surface area (Å²) in [6.45, 7) is 5.93. The molecule has 0 aliphatic carbocycles. The largest absolute Gasteiger partial charge is 0.383 e. The van der Waals surface area contributed by atoms with E-state index in [2.05, 4.69) is 20.6 Å². The molecule has 3 rings (SSSR count). The van der Waals surface area contributed by atoms with Crippen molar-refractivity contribution < 1.29 is 14.3 Å². The quantitative estimate of drug-likeness (QED) is 0.789. The van der Waals surface area contributed by atoms with Gasteiger partial charge in [-0.3, -0.25) is 9.69 Å². The number of amides is 1. The molecule has 2 fully saturated rings. The molecule has 128 valence electrons. The molecule has 7 heteroatoms. The smallest absolute Gasteiger partial charge is 0.249 e. The molecule has 2 aliphatic heterocycles. The standard InChI is InChI=1S/C16H25N3O3S/c1-11-18-13(10-23-11)8-19-5-3-12-7-14(22-15(12)9-19)16(20)17-4-6-21-2/h10,12,14-15H,3-9H2,1-2H3,(H,17,20)/t12-,14-,15+/m0/s1. The van der Waals surface area contributed by atoms with Crippen molar-refractivity contribution in [3.63, 3.8) is 0 Å². The molecule has 6 nitrogen and oxygen atoms in total. The number of carbonyl (C=O) groups is 1. The minimum Gasteiger partial charge on any atom is -0.383 e. The van der Waals surface area contributed by atoms with Crippen LogP contribution >= 0.6 is 11.3 Å². The molecule has 0 spiro atoms. The van der Waals surface area contributed by atoms with E-state index in [-0.39, 0.29) is 18.1 Å². The molecule has 0 saturated carbocycles. The molecule has 1 amide bonds. The molecule has 1 N–H and O–H groups in total. The van der Waals surface area contributed by atoms with E-state index in [4.69, 9.17) is 9.47 Å². The van der Waals surface area contributed by atoms with Crippen LogP contribution in [0.2, 0.25) is 0 Å². The summed E-state index contributed by atoms with van der Waals surface area (Å²) in [6, 6.07) is 0. The van der Waals surface area contributed by atoms with Gasteiger partial charge in [0, 0.05) is 32.1 Å². The Hall–Kier alpha value is -1.02. The summed E-state index contributed by atoms with van der Waals surface area (Å²) < 4.78 is 11.0. The van der Waals surface area contributed by atoms with Gasteiger partial charge in [0.15, 0.2) is 0 Å². The molecule has 1 aromatic heterocycles. The number of piperidine rings is 1. The van der Waals surface area contributed by atoms with E-state index in [0.29, 0.717) is 19.1 Å². The molecular weight excluding hydrogens is 314 g/mol. The highest BCUT2D eigenvalue weighted by molar-refractivity contribution is 7.09. The summed E-state index contributed by atoms with van der Waals surface area (Å²) in [4.78, 5) is 19.1. The number of ether oxygens (including phenoxy) is 2. The Labute approximate surface area is 141 Å². The van der Waals surface area contributed by atoms with E-state index < -0.39 is 0 Å². The van der Waals surface area contributed by atoms with Gasteiger partial charge in [-0.15, -0.1) is 11.3 Å². The average Bonchev–Trinajstić information content (AvgIpc) is 3.13. The first-order valence-electron chi connectivity index (χ1n) is 8.21. The molecule has 3 atom stereocenters. The predicted molar refractivity (Wildman–Crippen MR) is 88.4 cm³/mol. The number of hydrogen-bond acceptors (Lipinski definition) is 6. The minimum absolute atomic E-state index is 0.00174. The second kappa shape index (κ2) is 7.70. The van der Waals surface area contributed by atoms with Crippen molar-refractivity contribution in [3.05, 3.63) is 16.1 Å². The molecule has 23 heavy (non-hydrogen) atoms. The first-order valence-corrected chi connectivity index (χ1v) is 9.09. The SMILES string of the molecule is COCCNC(=O)[C@@H]1C[C@@H]2CCN(Cc3csc(C)n3)C[C@H]2O1. The van der Waals surface area contributed by atoms with E-state index in [1.807, 2.05) is 6.92 Å². The van der Waals surface area contributed by atoms with Crippen LogP contribution in [0.3, 0.4) is 0 Å². The summed E-state index contributed by atoms with van der Waals surface area (Å²) >= 11 is 1.69. The molecule has 0 radical (unpaired) electrons. The number of aromatic nitrogens is 1. The van der Waals surface area contributed by atoms with Crippen molar-refractivity contribution in [2.24, 2.45) is 5.92 Å². The lowest BCUT2D eigenvalue weighted by molar-refractivity contribution is -0.133. The number of rotatable bonds is 6. The van der Waals surface area contributed by atoms with Gasteiger partial charge in [0.1, 0.15) is 6.10 Å². The van der Waals surface area contributed by atoms with Crippen LogP contribution < -0.4 is 5.32 Å². The van der Waals surface area contributed by atoms with Crippen LogP contribution in [0.4, 0.5) is 0 Å². The molecule has 2 aliphatic rings. The normalized spacial score (nSPS) is 27.8. The molecular formula is C16H25N3O3S. The van der Waals surface area contributed by atoms with Crippen LogP contribution in [-0.2, 0) is 20.8 Å². The summed E-state index contributed by atoms with van der Waals surface area (Å²) in [7, 11) is 1.63. The van der Waals surface area contributed by atoms with Gasteiger partial charge in [0.25, 0.3) is 0 Å². The minimum atomic E-state index is -0.302. The van der Waals surface area contributed by atoms with Gasteiger partial charge >= 0.3 is 0 Å². The van der Waals surface area contributed by atoms with Crippen LogP contribution in [-0.4, -0.2) is 61.3 Å². The van der Waals surface area contributed by atoms with E-state index >= 15 is 0 Å². The Balaban J connectivity index is 1.48. The Morgan fingerprint density at radius 1 is 1.61 bits per heavy atom. The number of thiazole rings is 1. The first-order chi connectivity index (χ1) is 11.2. The van der Waals surface area contributed by atoms with Gasteiger partial charge < -0.3 is 14.8 Å². The second-order valence-electron chi connectivity index (χ2n) is 6.32. The van der Waals surface area contributed by atoms with Crippen molar-refractivity contribution in [2.75, 3.05) is 33.4 Å². The Bertz CT molecular complexity index is 536. The number of nitrogens with one attached hydrogen (secondary N) is 1. The number of carbonyl (C=O) groups excluding carboxylic acids is 1. The number of hydrogen-bond donors (Lipinski definition) is 1.